The monoisotopic (exact) mass is 576 g/mol. The Balaban J connectivity index is 0.000000252. The molecule has 0 saturated heterocycles. The Morgan fingerprint density at radius 2 is 0.381 bits per heavy atom. The first-order chi connectivity index (χ1) is 19.8. The van der Waals surface area contributed by atoms with Crippen LogP contribution in [0, 0.1) is 83.1 Å². The second-order valence-electron chi connectivity index (χ2n) is 10.1. The molecule has 6 aromatic heterocycles. The Morgan fingerprint density at radius 3 is 0.405 bits per heavy atom. The average molecular weight is 577 g/mol. The zero-order valence-corrected chi connectivity index (χ0v) is 27.1. The van der Waals surface area contributed by atoms with Crippen LogP contribution in [0.5, 0.6) is 0 Å². The predicted molar refractivity (Wildman–Crippen MR) is 168 cm³/mol. The highest BCUT2D eigenvalue weighted by molar-refractivity contribution is 5.13. The lowest BCUT2D eigenvalue weighted by Crippen LogP contribution is -1.70. The molecular formula is C30H48N12. The number of aryl methyl sites for hydroxylation is 12. The van der Waals surface area contributed by atoms with Crippen molar-refractivity contribution in [1.29, 1.82) is 0 Å². The summed E-state index contributed by atoms with van der Waals surface area (Å²) in [4.78, 5) is 0. The van der Waals surface area contributed by atoms with Gasteiger partial charge in [-0.05, 0) is 116 Å². The minimum Gasteiger partial charge on any atom is -0.283 e. The van der Waals surface area contributed by atoms with Crippen LogP contribution in [0.3, 0.4) is 0 Å². The fourth-order valence-corrected chi connectivity index (χ4v) is 2.47. The van der Waals surface area contributed by atoms with Crippen LogP contribution < -0.4 is 0 Å². The van der Waals surface area contributed by atoms with Gasteiger partial charge in [0.2, 0.25) is 0 Å². The number of aromatic amines is 6. The highest BCUT2D eigenvalue weighted by Crippen LogP contribution is 1.99. The van der Waals surface area contributed by atoms with Gasteiger partial charge in [-0.2, -0.15) is 30.6 Å². The van der Waals surface area contributed by atoms with E-state index in [9.17, 15) is 0 Å². The van der Waals surface area contributed by atoms with Crippen molar-refractivity contribution in [3.8, 4) is 0 Å². The number of hydrogen-bond acceptors (Lipinski definition) is 6. The molecule has 0 saturated carbocycles. The SMILES string of the molecule is Cc1cn[nH]c1C.Cc1cn[nH]c1C.Cc1cn[nH]c1C.Cc1cn[nH]c1C.Cc1cn[nH]c1C.Cc1cn[nH]c1C. The first-order valence-electron chi connectivity index (χ1n) is 13.6. The summed E-state index contributed by atoms with van der Waals surface area (Å²) in [6, 6.07) is 0. The van der Waals surface area contributed by atoms with E-state index in [2.05, 4.69) is 61.2 Å². The Kier molecular flexibility index (Phi) is 15.6. The van der Waals surface area contributed by atoms with E-state index < -0.39 is 0 Å². The van der Waals surface area contributed by atoms with E-state index in [0.29, 0.717) is 0 Å². The maximum atomic E-state index is 3.80. The second-order valence-corrected chi connectivity index (χ2v) is 10.1. The molecule has 228 valence electrons. The van der Waals surface area contributed by atoms with Gasteiger partial charge in [0.05, 0.1) is 37.2 Å². The van der Waals surface area contributed by atoms with Gasteiger partial charge in [-0.1, -0.05) is 0 Å². The third kappa shape index (κ3) is 13.6. The largest absolute Gasteiger partial charge is 0.283 e. The zero-order chi connectivity index (χ0) is 31.7. The molecule has 0 radical (unpaired) electrons. The fraction of sp³-hybridized carbons (Fsp3) is 0.400. The van der Waals surface area contributed by atoms with Crippen LogP contribution >= 0.6 is 0 Å². The molecular weight excluding hydrogens is 528 g/mol. The number of rotatable bonds is 0. The van der Waals surface area contributed by atoms with Crippen molar-refractivity contribution in [3.63, 3.8) is 0 Å². The van der Waals surface area contributed by atoms with Crippen LogP contribution in [-0.2, 0) is 0 Å². The van der Waals surface area contributed by atoms with Crippen LogP contribution in [0.25, 0.3) is 0 Å². The second kappa shape index (κ2) is 18.6. The maximum absolute atomic E-state index is 3.80. The Labute approximate surface area is 249 Å². The molecule has 0 aliphatic carbocycles. The fourth-order valence-electron chi connectivity index (χ4n) is 2.47. The highest BCUT2D eigenvalue weighted by atomic mass is 15.1. The standard InChI is InChI=1S/6C5H8N2/c6*1-4-3-6-7-5(4)2/h6*3H,1-2H3,(H,6,7). The van der Waals surface area contributed by atoms with Crippen molar-refractivity contribution < 1.29 is 0 Å². The van der Waals surface area contributed by atoms with Crippen LogP contribution in [0.4, 0.5) is 0 Å². The van der Waals surface area contributed by atoms with E-state index in [-0.39, 0.29) is 0 Å². The van der Waals surface area contributed by atoms with E-state index in [1.807, 2.05) is 120 Å². The molecule has 0 fully saturated rings. The molecule has 0 aliphatic heterocycles. The van der Waals surface area contributed by atoms with E-state index in [1.54, 1.807) is 0 Å². The zero-order valence-electron chi connectivity index (χ0n) is 27.1. The first kappa shape index (κ1) is 35.3. The molecule has 0 aromatic carbocycles. The Hall–Kier alpha value is -4.74. The summed E-state index contributed by atoms with van der Waals surface area (Å²) in [7, 11) is 0. The summed E-state index contributed by atoms with van der Waals surface area (Å²) in [6.45, 7) is 24.2. The van der Waals surface area contributed by atoms with Gasteiger partial charge in [-0.3, -0.25) is 30.6 Å². The summed E-state index contributed by atoms with van der Waals surface area (Å²) in [6.07, 6.45) is 10.9. The third-order valence-electron chi connectivity index (χ3n) is 6.49. The lowest BCUT2D eigenvalue weighted by molar-refractivity contribution is 1.04. The predicted octanol–water partition coefficient (Wildman–Crippen LogP) is 6.16. The summed E-state index contributed by atoms with van der Waals surface area (Å²) >= 11 is 0. The minimum absolute atomic E-state index is 1.15. The summed E-state index contributed by atoms with van der Waals surface area (Å²) in [5, 5.41) is 39.7. The van der Waals surface area contributed by atoms with Crippen molar-refractivity contribution in [1.82, 2.24) is 61.2 Å². The van der Waals surface area contributed by atoms with Crippen LogP contribution in [-0.4, -0.2) is 61.2 Å². The van der Waals surface area contributed by atoms with E-state index in [0.717, 1.165) is 34.2 Å². The van der Waals surface area contributed by atoms with Gasteiger partial charge in [0.1, 0.15) is 0 Å². The van der Waals surface area contributed by atoms with Gasteiger partial charge in [0.15, 0.2) is 0 Å². The molecule has 12 nitrogen and oxygen atoms in total. The summed E-state index contributed by atoms with van der Waals surface area (Å²) < 4.78 is 0. The Bertz CT molecular complexity index is 1130. The van der Waals surface area contributed by atoms with Gasteiger partial charge >= 0.3 is 0 Å². The molecule has 0 spiro atoms. The highest BCUT2D eigenvalue weighted by Gasteiger charge is 1.90. The first-order valence-corrected chi connectivity index (χ1v) is 13.6. The smallest absolute Gasteiger partial charge is 0.0519 e. The summed E-state index contributed by atoms with van der Waals surface area (Å²) in [5.41, 5.74) is 14.2. The lowest BCUT2D eigenvalue weighted by atomic mass is 10.3. The van der Waals surface area contributed by atoms with E-state index >= 15 is 0 Å². The maximum Gasteiger partial charge on any atom is 0.0519 e. The molecule has 6 N–H and O–H groups in total. The van der Waals surface area contributed by atoms with Crippen molar-refractivity contribution in [2.24, 2.45) is 0 Å². The van der Waals surface area contributed by atoms with Crippen molar-refractivity contribution in [3.05, 3.63) is 105 Å². The van der Waals surface area contributed by atoms with Gasteiger partial charge in [0.25, 0.3) is 0 Å². The summed E-state index contributed by atoms with van der Waals surface area (Å²) in [5.74, 6) is 0. The normalized spacial score (nSPS) is 9.43. The van der Waals surface area contributed by atoms with Gasteiger partial charge in [-0.15, -0.1) is 0 Å². The minimum atomic E-state index is 1.15. The van der Waals surface area contributed by atoms with Crippen LogP contribution in [0.15, 0.2) is 37.2 Å². The van der Waals surface area contributed by atoms with Crippen molar-refractivity contribution >= 4 is 0 Å². The van der Waals surface area contributed by atoms with Gasteiger partial charge in [0, 0.05) is 34.2 Å². The van der Waals surface area contributed by atoms with Crippen molar-refractivity contribution in [2.75, 3.05) is 0 Å². The molecule has 42 heavy (non-hydrogen) atoms. The lowest BCUT2D eigenvalue weighted by Gasteiger charge is -1.78. The number of H-pyrrole nitrogens is 6. The molecule has 6 heterocycles. The molecule has 12 heteroatoms. The number of nitrogens with zero attached hydrogens (tertiary/aromatic N) is 6. The number of nitrogens with one attached hydrogen (secondary N) is 6. The number of hydrogen-bond donors (Lipinski definition) is 6. The van der Waals surface area contributed by atoms with Crippen molar-refractivity contribution in [2.45, 2.75) is 83.1 Å². The molecule has 0 bridgehead atoms. The van der Waals surface area contributed by atoms with Crippen LogP contribution in [0.2, 0.25) is 0 Å². The topological polar surface area (TPSA) is 172 Å². The molecule has 6 aromatic rings. The Morgan fingerprint density at radius 1 is 0.262 bits per heavy atom. The molecule has 0 aliphatic rings. The molecule has 6 rings (SSSR count). The molecule has 0 unspecified atom stereocenters. The van der Waals surface area contributed by atoms with Gasteiger partial charge in [-0.25, -0.2) is 0 Å². The van der Waals surface area contributed by atoms with Crippen LogP contribution in [0.1, 0.15) is 67.5 Å². The number of aromatic nitrogens is 12. The molecule has 0 atom stereocenters. The third-order valence-corrected chi connectivity index (χ3v) is 6.49. The molecule has 0 amide bonds. The quantitative estimate of drug-likeness (QED) is 0.126. The average Bonchev–Trinajstić information content (AvgIpc) is 3.82. The van der Waals surface area contributed by atoms with Gasteiger partial charge < -0.3 is 0 Å². The van der Waals surface area contributed by atoms with E-state index in [4.69, 9.17) is 0 Å². The van der Waals surface area contributed by atoms with E-state index in [1.165, 1.54) is 33.4 Å².